The largest absolute Gasteiger partial charge is 0.298 e. The first-order chi connectivity index (χ1) is 14.1. The molecule has 0 unspecified atom stereocenters. The number of carbonyl (C=O) groups is 1. The Bertz CT molecular complexity index is 1200. The second kappa shape index (κ2) is 8.19. The third-order valence-corrected chi connectivity index (χ3v) is 5.35. The Hall–Kier alpha value is -3.59. The molecule has 1 aromatic heterocycles. The molecule has 0 saturated carbocycles. The average Bonchev–Trinajstić information content (AvgIpc) is 3.20. The molecule has 0 aliphatic rings. The van der Waals surface area contributed by atoms with Crippen LogP contribution in [0.3, 0.4) is 0 Å². The summed E-state index contributed by atoms with van der Waals surface area (Å²) < 4.78 is 1.60. The number of rotatable bonds is 7. The molecule has 0 N–H and O–H groups in total. The van der Waals surface area contributed by atoms with Gasteiger partial charge < -0.3 is 0 Å². The number of nitro groups is 1. The topological polar surface area (TPSA) is 104 Å². The number of benzene rings is 3. The van der Waals surface area contributed by atoms with Crippen molar-refractivity contribution in [3.63, 3.8) is 0 Å². The third kappa shape index (κ3) is 3.99. The molecule has 4 rings (SSSR count). The molecule has 1 heterocycles. The summed E-state index contributed by atoms with van der Waals surface area (Å²) in [6.07, 6.45) is -0.0139. The van der Waals surface area contributed by atoms with Crippen molar-refractivity contribution in [3.8, 4) is 5.69 Å². The summed E-state index contributed by atoms with van der Waals surface area (Å²) in [6, 6.07) is 20.0. The number of carbonyl (C=O) groups excluding carboxylic acids is 1. The zero-order chi connectivity index (χ0) is 20.2. The monoisotopic (exact) mass is 405 g/mol. The molecule has 0 aliphatic carbocycles. The molecule has 0 spiro atoms. The van der Waals surface area contributed by atoms with Gasteiger partial charge in [-0.25, -0.2) is 0 Å². The number of nitro benzene ring substituents is 1. The van der Waals surface area contributed by atoms with Crippen LogP contribution in [0.25, 0.3) is 16.5 Å². The van der Waals surface area contributed by atoms with Crippen LogP contribution in [0.2, 0.25) is 0 Å². The van der Waals surface area contributed by atoms with Crippen LogP contribution in [-0.2, 0) is 11.2 Å². The van der Waals surface area contributed by atoms with Crippen LogP contribution in [0.15, 0.2) is 71.9 Å². The predicted molar refractivity (Wildman–Crippen MR) is 109 cm³/mol. The van der Waals surface area contributed by atoms with E-state index in [2.05, 4.69) is 15.5 Å². The van der Waals surface area contributed by atoms with E-state index in [1.807, 2.05) is 42.5 Å². The molecular weight excluding hydrogens is 390 g/mol. The number of nitrogens with zero attached hydrogens (tertiary/aromatic N) is 5. The van der Waals surface area contributed by atoms with Gasteiger partial charge >= 0.3 is 0 Å². The van der Waals surface area contributed by atoms with Gasteiger partial charge in [-0.3, -0.25) is 14.9 Å². The molecule has 0 fully saturated rings. The maximum atomic E-state index is 12.4. The highest BCUT2D eigenvalue weighted by molar-refractivity contribution is 7.99. The number of hydrogen-bond donors (Lipinski definition) is 0. The van der Waals surface area contributed by atoms with Gasteiger partial charge in [-0.05, 0) is 21.9 Å². The van der Waals surface area contributed by atoms with E-state index in [1.165, 1.54) is 17.8 Å². The van der Waals surface area contributed by atoms with E-state index >= 15 is 0 Å². The van der Waals surface area contributed by atoms with Crippen LogP contribution in [-0.4, -0.2) is 36.7 Å². The number of aromatic nitrogens is 4. The summed E-state index contributed by atoms with van der Waals surface area (Å²) >= 11 is 1.21. The summed E-state index contributed by atoms with van der Waals surface area (Å²) in [6.45, 7) is 0. The minimum Gasteiger partial charge on any atom is -0.298 e. The Morgan fingerprint density at radius 3 is 2.66 bits per heavy atom. The van der Waals surface area contributed by atoms with E-state index in [0.717, 1.165) is 16.5 Å². The number of thioether (sulfide) groups is 1. The number of Topliss-reactive ketones (excluding diaryl/α,β-unsaturated/α-hetero) is 1. The van der Waals surface area contributed by atoms with Crippen molar-refractivity contribution in [2.24, 2.45) is 0 Å². The van der Waals surface area contributed by atoms with Crippen molar-refractivity contribution in [1.29, 1.82) is 0 Å². The lowest BCUT2D eigenvalue weighted by Crippen LogP contribution is -2.09. The number of fused-ring (bicyclic) bond motifs is 1. The lowest BCUT2D eigenvalue weighted by molar-refractivity contribution is -0.385. The second-order valence-corrected chi connectivity index (χ2v) is 7.20. The SMILES string of the molecule is O=C(CSc1nnnn1-c1cccc2ccccc12)Cc1ccccc1[N+](=O)[O-]. The first-order valence-corrected chi connectivity index (χ1v) is 9.75. The van der Waals surface area contributed by atoms with Gasteiger partial charge in [0.15, 0.2) is 0 Å². The van der Waals surface area contributed by atoms with Gasteiger partial charge in [-0.1, -0.05) is 66.4 Å². The first-order valence-electron chi connectivity index (χ1n) is 8.77. The van der Waals surface area contributed by atoms with Crippen molar-refractivity contribution >= 4 is 34.0 Å². The highest BCUT2D eigenvalue weighted by Gasteiger charge is 2.17. The average molecular weight is 405 g/mol. The molecule has 144 valence electrons. The smallest absolute Gasteiger partial charge is 0.273 e. The summed E-state index contributed by atoms with van der Waals surface area (Å²) in [5.41, 5.74) is 1.17. The predicted octanol–water partition coefficient (Wildman–Crippen LogP) is 3.63. The van der Waals surface area contributed by atoms with E-state index in [9.17, 15) is 14.9 Å². The first kappa shape index (κ1) is 18.8. The van der Waals surface area contributed by atoms with Crippen molar-refractivity contribution < 1.29 is 9.72 Å². The van der Waals surface area contributed by atoms with Crippen LogP contribution in [0.5, 0.6) is 0 Å². The van der Waals surface area contributed by atoms with E-state index in [4.69, 9.17) is 0 Å². The minimum absolute atomic E-state index is 0.0139. The lowest BCUT2D eigenvalue weighted by atomic mass is 10.1. The van der Waals surface area contributed by atoms with E-state index in [-0.39, 0.29) is 23.6 Å². The second-order valence-electron chi connectivity index (χ2n) is 6.26. The number of para-hydroxylation sites is 1. The van der Waals surface area contributed by atoms with Gasteiger partial charge in [0.05, 0.1) is 16.4 Å². The molecule has 0 amide bonds. The number of tetrazole rings is 1. The maximum absolute atomic E-state index is 12.4. The maximum Gasteiger partial charge on any atom is 0.273 e. The molecule has 4 aromatic rings. The zero-order valence-corrected chi connectivity index (χ0v) is 16.0. The Morgan fingerprint density at radius 1 is 1.03 bits per heavy atom. The standard InChI is InChI=1S/C20H15N5O3S/c26-16(12-15-7-2-4-10-18(15)25(27)28)13-29-20-21-22-23-24(20)19-11-5-8-14-6-1-3-9-17(14)19/h1-11H,12-13H2. The number of ketones is 1. The van der Waals surface area contributed by atoms with Crippen LogP contribution in [0.4, 0.5) is 5.69 Å². The van der Waals surface area contributed by atoms with Gasteiger partial charge in [-0.2, -0.15) is 4.68 Å². The summed E-state index contributed by atoms with van der Waals surface area (Å²) in [4.78, 5) is 23.1. The molecule has 0 aliphatic heterocycles. The Labute approximate surface area is 169 Å². The molecule has 0 bridgehead atoms. The molecule has 9 heteroatoms. The molecule has 0 atom stereocenters. The van der Waals surface area contributed by atoms with Crippen LogP contribution in [0, 0.1) is 10.1 Å². The van der Waals surface area contributed by atoms with Crippen LogP contribution >= 0.6 is 11.8 Å². The van der Waals surface area contributed by atoms with Gasteiger partial charge in [0.2, 0.25) is 5.16 Å². The summed E-state index contributed by atoms with van der Waals surface area (Å²) in [5, 5.41) is 25.5. The zero-order valence-electron chi connectivity index (χ0n) is 15.1. The fourth-order valence-electron chi connectivity index (χ4n) is 3.06. The molecule has 0 saturated heterocycles. The van der Waals surface area contributed by atoms with Crippen LogP contribution in [0.1, 0.15) is 5.56 Å². The summed E-state index contributed by atoms with van der Waals surface area (Å²) in [5.74, 6) is -0.0336. The lowest BCUT2D eigenvalue weighted by Gasteiger charge is -2.08. The van der Waals surface area contributed by atoms with Crippen molar-refractivity contribution in [2.45, 2.75) is 11.6 Å². The molecule has 0 radical (unpaired) electrons. The molecule has 8 nitrogen and oxygen atoms in total. The number of hydrogen-bond acceptors (Lipinski definition) is 7. The van der Waals surface area contributed by atoms with E-state index in [0.29, 0.717) is 10.7 Å². The quantitative estimate of drug-likeness (QED) is 0.263. The Balaban J connectivity index is 1.52. The summed E-state index contributed by atoms with van der Waals surface area (Å²) in [7, 11) is 0. The fraction of sp³-hybridized carbons (Fsp3) is 0.100. The van der Waals surface area contributed by atoms with Crippen molar-refractivity contribution in [2.75, 3.05) is 5.75 Å². The van der Waals surface area contributed by atoms with E-state index in [1.54, 1.807) is 22.9 Å². The van der Waals surface area contributed by atoms with Gasteiger partial charge in [0.1, 0.15) is 5.78 Å². The van der Waals surface area contributed by atoms with Gasteiger partial charge in [0.25, 0.3) is 5.69 Å². The normalized spacial score (nSPS) is 10.9. The molecule has 3 aromatic carbocycles. The molecular formula is C20H15N5O3S. The third-order valence-electron chi connectivity index (χ3n) is 4.37. The fourth-order valence-corrected chi connectivity index (χ4v) is 3.80. The van der Waals surface area contributed by atoms with Crippen molar-refractivity contribution in [1.82, 2.24) is 20.2 Å². The van der Waals surface area contributed by atoms with Gasteiger partial charge in [0, 0.05) is 23.4 Å². The molecule has 29 heavy (non-hydrogen) atoms. The minimum atomic E-state index is -0.475. The van der Waals surface area contributed by atoms with E-state index < -0.39 is 4.92 Å². The highest BCUT2D eigenvalue weighted by Crippen LogP contribution is 2.26. The van der Waals surface area contributed by atoms with Crippen LogP contribution < -0.4 is 0 Å². The Kier molecular flexibility index (Phi) is 5.30. The highest BCUT2D eigenvalue weighted by atomic mass is 32.2. The Morgan fingerprint density at radius 2 is 1.79 bits per heavy atom. The van der Waals surface area contributed by atoms with Gasteiger partial charge in [-0.15, -0.1) is 5.10 Å². The van der Waals surface area contributed by atoms with Crippen molar-refractivity contribution in [3.05, 3.63) is 82.4 Å².